The van der Waals surface area contributed by atoms with Crippen LogP contribution in [0.3, 0.4) is 0 Å². The monoisotopic (exact) mass is 349 g/mol. The zero-order chi connectivity index (χ0) is 18.1. The average Bonchev–Trinajstić information content (AvgIpc) is 3.10. The second kappa shape index (κ2) is 4.94. The van der Waals surface area contributed by atoms with Crippen LogP contribution in [0.5, 0.6) is 0 Å². The van der Waals surface area contributed by atoms with Gasteiger partial charge in [-0.2, -0.15) is 0 Å². The molecule has 3 heterocycles. The molecule has 0 aliphatic carbocycles. The minimum Gasteiger partial charge on any atom is -0.356 e. The molecule has 2 aliphatic rings. The Kier molecular flexibility index (Phi) is 2.88. The Morgan fingerprint density at radius 2 is 1.92 bits per heavy atom. The van der Waals surface area contributed by atoms with Gasteiger partial charge in [0, 0.05) is 17.4 Å². The molecule has 6 heteroatoms. The molecule has 3 amide bonds. The number of nitrogens with zero attached hydrogens (tertiary/aromatic N) is 2. The molecule has 1 fully saturated rings. The van der Waals surface area contributed by atoms with Crippen LogP contribution in [0.1, 0.15) is 18.2 Å². The number of benzene rings is 2. The molecule has 1 saturated heterocycles. The van der Waals surface area contributed by atoms with E-state index in [1.165, 1.54) is 18.2 Å². The minimum absolute atomic E-state index is 0.258. The van der Waals surface area contributed by atoms with Gasteiger partial charge < -0.3 is 9.88 Å². The summed E-state index contributed by atoms with van der Waals surface area (Å²) in [5.41, 5.74) is 1.91. The van der Waals surface area contributed by atoms with Crippen LogP contribution in [-0.4, -0.2) is 28.4 Å². The number of halogens is 1. The molecule has 1 atom stereocenters. The molecule has 130 valence electrons. The van der Waals surface area contributed by atoms with Crippen LogP contribution in [0.25, 0.3) is 10.9 Å². The van der Waals surface area contributed by atoms with Crippen LogP contribution in [0, 0.1) is 5.82 Å². The van der Waals surface area contributed by atoms with Crippen molar-refractivity contribution in [3.63, 3.8) is 0 Å². The summed E-state index contributed by atoms with van der Waals surface area (Å²) in [6.45, 7) is 2.21. The van der Waals surface area contributed by atoms with E-state index in [1.807, 2.05) is 24.3 Å². The lowest BCUT2D eigenvalue weighted by molar-refractivity contribution is -0.125. The van der Waals surface area contributed by atoms with Crippen molar-refractivity contribution in [1.82, 2.24) is 9.88 Å². The van der Waals surface area contributed by atoms with Crippen molar-refractivity contribution in [2.24, 2.45) is 0 Å². The number of hydrogen-bond acceptors (Lipinski definition) is 2. The van der Waals surface area contributed by atoms with Gasteiger partial charge in [-0.1, -0.05) is 24.3 Å². The predicted molar refractivity (Wildman–Crippen MR) is 95.3 cm³/mol. The zero-order valence-electron chi connectivity index (χ0n) is 14.1. The number of H-pyrrole nitrogens is 1. The van der Waals surface area contributed by atoms with E-state index in [4.69, 9.17) is 0 Å². The highest BCUT2D eigenvalue weighted by Crippen LogP contribution is 2.45. The van der Waals surface area contributed by atoms with Gasteiger partial charge in [0.05, 0.1) is 11.4 Å². The van der Waals surface area contributed by atoms with Gasteiger partial charge >= 0.3 is 6.03 Å². The molecule has 1 aromatic heterocycles. The molecule has 0 unspecified atom stereocenters. The molecule has 26 heavy (non-hydrogen) atoms. The van der Waals surface area contributed by atoms with Crippen LogP contribution < -0.4 is 4.90 Å². The Labute approximate surface area is 149 Å². The number of para-hydroxylation sites is 1. The maximum Gasteiger partial charge on any atom is 0.332 e. The molecule has 3 aromatic rings. The van der Waals surface area contributed by atoms with Crippen LogP contribution in [0.4, 0.5) is 14.9 Å². The highest BCUT2D eigenvalue weighted by molar-refractivity contribution is 6.23. The van der Waals surface area contributed by atoms with E-state index in [2.05, 4.69) is 4.98 Å². The number of fused-ring (bicyclic) bond motifs is 5. The first-order valence-corrected chi connectivity index (χ1v) is 8.53. The van der Waals surface area contributed by atoms with E-state index in [-0.39, 0.29) is 11.6 Å². The summed E-state index contributed by atoms with van der Waals surface area (Å²) < 4.78 is 13.7. The first kappa shape index (κ1) is 15.1. The molecule has 1 N–H and O–H groups in total. The molecular weight excluding hydrogens is 333 g/mol. The van der Waals surface area contributed by atoms with Gasteiger partial charge in [-0.3, -0.25) is 4.79 Å². The smallest absolute Gasteiger partial charge is 0.332 e. The maximum absolute atomic E-state index is 13.7. The van der Waals surface area contributed by atoms with Crippen molar-refractivity contribution in [3.05, 3.63) is 65.6 Å². The molecule has 0 spiro atoms. The van der Waals surface area contributed by atoms with Crippen LogP contribution in [-0.2, 0) is 16.8 Å². The standard InChI is InChI=1S/C20H16FN3O2/c1-20-17-15(14-7-2-3-8-16(14)22-17)9-10-23(20)19(26)24(18(20)25)13-6-4-5-12(21)11-13/h2-8,11,22H,9-10H2,1H3/t20-/m0/s1. The summed E-state index contributed by atoms with van der Waals surface area (Å²) in [4.78, 5) is 32.3. The highest BCUT2D eigenvalue weighted by Gasteiger charge is 2.59. The van der Waals surface area contributed by atoms with Gasteiger partial charge in [0.1, 0.15) is 5.82 Å². The van der Waals surface area contributed by atoms with Gasteiger partial charge in [0.2, 0.25) is 0 Å². The number of anilines is 1. The number of carbonyl (C=O) groups is 2. The Balaban J connectivity index is 1.71. The first-order chi connectivity index (χ1) is 12.5. The quantitative estimate of drug-likeness (QED) is 0.683. The average molecular weight is 349 g/mol. The number of aromatic amines is 1. The molecule has 0 radical (unpaired) electrons. The fraction of sp³-hybridized carbons (Fsp3) is 0.200. The molecule has 0 saturated carbocycles. The number of urea groups is 1. The minimum atomic E-state index is -1.12. The van der Waals surface area contributed by atoms with E-state index in [9.17, 15) is 14.0 Å². The zero-order valence-corrected chi connectivity index (χ0v) is 14.1. The van der Waals surface area contributed by atoms with Gasteiger partial charge in [-0.15, -0.1) is 0 Å². The Bertz CT molecular complexity index is 1090. The van der Waals surface area contributed by atoms with Crippen LogP contribution in [0.2, 0.25) is 0 Å². The predicted octanol–water partition coefficient (Wildman–Crippen LogP) is 3.55. The molecule has 5 nitrogen and oxygen atoms in total. The molecule has 2 aromatic carbocycles. The SMILES string of the molecule is C[C@]12C(=O)N(c3cccc(F)c3)C(=O)N1CCc1c2[nH]c2ccccc12. The highest BCUT2D eigenvalue weighted by atomic mass is 19.1. The van der Waals surface area contributed by atoms with Crippen molar-refractivity contribution in [3.8, 4) is 0 Å². The van der Waals surface area contributed by atoms with Gasteiger partial charge in [-0.05, 0) is 43.2 Å². The fourth-order valence-corrected chi connectivity index (χ4v) is 4.23. The summed E-state index contributed by atoms with van der Waals surface area (Å²) in [5.74, 6) is -0.843. The summed E-state index contributed by atoms with van der Waals surface area (Å²) >= 11 is 0. The van der Waals surface area contributed by atoms with E-state index < -0.39 is 17.4 Å². The third kappa shape index (κ3) is 1.73. The van der Waals surface area contributed by atoms with Crippen molar-refractivity contribution in [1.29, 1.82) is 0 Å². The lowest BCUT2D eigenvalue weighted by Gasteiger charge is -2.35. The van der Waals surface area contributed by atoms with Gasteiger partial charge in [0.25, 0.3) is 5.91 Å². The Morgan fingerprint density at radius 3 is 2.73 bits per heavy atom. The second-order valence-corrected chi connectivity index (χ2v) is 6.90. The van der Waals surface area contributed by atoms with Gasteiger partial charge in [-0.25, -0.2) is 14.1 Å². The molecular formula is C20H16FN3O2. The first-order valence-electron chi connectivity index (χ1n) is 8.53. The third-order valence-electron chi connectivity index (χ3n) is 5.53. The molecule has 5 rings (SSSR count). The number of hydrogen-bond donors (Lipinski definition) is 1. The van der Waals surface area contributed by atoms with Crippen molar-refractivity contribution >= 4 is 28.5 Å². The van der Waals surface area contributed by atoms with Crippen molar-refractivity contribution in [2.75, 3.05) is 11.4 Å². The van der Waals surface area contributed by atoms with Crippen molar-refractivity contribution < 1.29 is 14.0 Å². The second-order valence-electron chi connectivity index (χ2n) is 6.90. The van der Waals surface area contributed by atoms with Crippen molar-refractivity contribution in [2.45, 2.75) is 18.9 Å². The fourth-order valence-electron chi connectivity index (χ4n) is 4.23. The maximum atomic E-state index is 13.7. The Morgan fingerprint density at radius 1 is 1.12 bits per heavy atom. The number of rotatable bonds is 1. The number of imide groups is 1. The molecule has 2 aliphatic heterocycles. The number of amides is 3. The number of aromatic nitrogens is 1. The van der Waals surface area contributed by atoms with E-state index in [1.54, 1.807) is 17.9 Å². The number of nitrogens with one attached hydrogen (secondary N) is 1. The number of carbonyl (C=O) groups excluding carboxylic acids is 2. The summed E-state index contributed by atoms with van der Waals surface area (Å²) in [5, 5.41) is 1.08. The van der Waals surface area contributed by atoms with E-state index >= 15 is 0 Å². The third-order valence-corrected chi connectivity index (χ3v) is 5.53. The molecule has 0 bridgehead atoms. The van der Waals surface area contributed by atoms with E-state index in [0.717, 1.165) is 27.1 Å². The summed E-state index contributed by atoms with van der Waals surface area (Å²) in [6.07, 6.45) is 0.672. The topological polar surface area (TPSA) is 56.4 Å². The van der Waals surface area contributed by atoms with Crippen LogP contribution >= 0.6 is 0 Å². The Hall–Kier alpha value is -3.15. The lowest BCUT2D eigenvalue weighted by Crippen LogP contribution is -2.49. The lowest BCUT2D eigenvalue weighted by atomic mass is 9.87. The largest absolute Gasteiger partial charge is 0.356 e. The van der Waals surface area contributed by atoms with E-state index in [0.29, 0.717) is 13.0 Å². The normalized spacial score (nSPS) is 22.1. The van der Waals surface area contributed by atoms with Crippen LogP contribution in [0.15, 0.2) is 48.5 Å². The summed E-state index contributed by atoms with van der Waals surface area (Å²) in [7, 11) is 0. The van der Waals surface area contributed by atoms with Gasteiger partial charge in [0.15, 0.2) is 5.54 Å². The summed E-state index contributed by atoms with van der Waals surface area (Å²) in [6, 6.07) is 13.1.